The van der Waals surface area contributed by atoms with Crippen molar-refractivity contribution in [3.05, 3.63) is 22.4 Å². The molecule has 0 aromatic carbocycles. The molecule has 0 aliphatic heterocycles. The first kappa shape index (κ1) is 15.1. The van der Waals surface area contributed by atoms with Crippen LogP contribution in [0.2, 0.25) is 0 Å². The Balaban J connectivity index is 1.89. The quantitative estimate of drug-likeness (QED) is 0.769. The molecule has 0 amide bonds. The lowest BCUT2D eigenvalue weighted by Gasteiger charge is -2.31. The molecule has 2 rings (SSSR count). The van der Waals surface area contributed by atoms with E-state index in [1.54, 1.807) is 11.3 Å². The van der Waals surface area contributed by atoms with E-state index >= 15 is 0 Å². The lowest BCUT2D eigenvalue weighted by Crippen LogP contribution is -2.29. The summed E-state index contributed by atoms with van der Waals surface area (Å²) in [6, 6.07) is 2.18. The topological polar surface area (TPSA) is 20.2 Å². The van der Waals surface area contributed by atoms with E-state index < -0.39 is 5.60 Å². The van der Waals surface area contributed by atoms with Crippen LogP contribution >= 0.6 is 11.3 Å². The zero-order valence-electron chi connectivity index (χ0n) is 12.6. The molecular weight excluding hydrogens is 252 g/mol. The van der Waals surface area contributed by atoms with E-state index in [1.807, 2.05) is 0 Å². The molecule has 108 valence electrons. The Morgan fingerprint density at radius 1 is 1.32 bits per heavy atom. The van der Waals surface area contributed by atoms with Crippen molar-refractivity contribution in [2.45, 2.75) is 71.3 Å². The van der Waals surface area contributed by atoms with E-state index in [4.69, 9.17) is 0 Å². The molecule has 0 spiro atoms. The molecule has 2 heteroatoms. The van der Waals surface area contributed by atoms with Crippen LogP contribution in [-0.2, 0) is 6.42 Å². The molecule has 1 heterocycles. The van der Waals surface area contributed by atoms with Gasteiger partial charge in [-0.2, -0.15) is 11.3 Å². The second-order valence-corrected chi connectivity index (χ2v) is 8.13. The number of hydrogen-bond donors (Lipinski definition) is 1. The van der Waals surface area contributed by atoms with Crippen molar-refractivity contribution in [3.8, 4) is 0 Å². The monoisotopic (exact) mass is 280 g/mol. The number of thiophene rings is 1. The van der Waals surface area contributed by atoms with Gasteiger partial charge in [0.15, 0.2) is 0 Å². The molecule has 1 aliphatic rings. The maximum atomic E-state index is 10.8. The lowest BCUT2D eigenvalue weighted by molar-refractivity contribution is 0.0142. The third-order valence-electron chi connectivity index (χ3n) is 4.84. The summed E-state index contributed by atoms with van der Waals surface area (Å²) in [4.78, 5) is 0. The van der Waals surface area contributed by atoms with Gasteiger partial charge >= 0.3 is 0 Å². The lowest BCUT2D eigenvalue weighted by atomic mass is 9.76. The van der Waals surface area contributed by atoms with Crippen molar-refractivity contribution in [3.63, 3.8) is 0 Å². The summed E-state index contributed by atoms with van der Waals surface area (Å²) in [5.74, 6) is 0.766. The van der Waals surface area contributed by atoms with Crippen LogP contribution in [0.3, 0.4) is 0 Å². The molecule has 0 radical (unpaired) electrons. The number of rotatable bonds is 3. The van der Waals surface area contributed by atoms with Crippen LogP contribution in [0.4, 0.5) is 0 Å². The highest BCUT2D eigenvalue weighted by molar-refractivity contribution is 7.07. The van der Waals surface area contributed by atoms with E-state index in [1.165, 1.54) is 24.8 Å². The molecule has 1 aliphatic carbocycles. The Labute approximate surface area is 122 Å². The molecule has 1 aromatic heterocycles. The normalized spacial score (nSPS) is 29.2. The van der Waals surface area contributed by atoms with E-state index in [2.05, 4.69) is 37.6 Å². The Morgan fingerprint density at radius 2 is 2.11 bits per heavy atom. The summed E-state index contributed by atoms with van der Waals surface area (Å²) in [6.07, 6.45) is 7.58. The molecule has 2 atom stereocenters. The van der Waals surface area contributed by atoms with Crippen molar-refractivity contribution in [1.29, 1.82) is 0 Å². The number of aliphatic hydroxyl groups is 1. The van der Waals surface area contributed by atoms with E-state index in [0.717, 1.165) is 31.6 Å². The van der Waals surface area contributed by atoms with Crippen LogP contribution < -0.4 is 0 Å². The highest BCUT2D eigenvalue weighted by atomic mass is 32.1. The summed E-state index contributed by atoms with van der Waals surface area (Å²) in [5, 5.41) is 15.2. The molecule has 2 unspecified atom stereocenters. The van der Waals surface area contributed by atoms with Gasteiger partial charge in [-0.3, -0.25) is 0 Å². The van der Waals surface area contributed by atoms with E-state index in [-0.39, 0.29) is 0 Å². The van der Waals surface area contributed by atoms with E-state index in [0.29, 0.717) is 5.41 Å². The van der Waals surface area contributed by atoms with Crippen LogP contribution in [0.25, 0.3) is 0 Å². The molecule has 0 bridgehead atoms. The average Bonchev–Trinajstić information content (AvgIpc) is 2.75. The Bertz CT molecular complexity index is 376. The van der Waals surface area contributed by atoms with Crippen LogP contribution in [0.5, 0.6) is 0 Å². The Hall–Kier alpha value is -0.340. The predicted octanol–water partition coefficient (Wildman–Crippen LogP) is 5.04. The molecule has 1 aromatic rings. The second kappa shape index (κ2) is 5.97. The summed E-state index contributed by atoms with van der Waals surface area (Å²) < 4.78 is 0. The van der Waals surface area contributed by atoms with Crippen LogP contribution in [0.1, 0.15) is 64.9 Å². The standard InChI is InChI=1S/C17H28OS/c1-16(2,3)15-5-4-9-17(18,11-7-15)10-6-14-8-12-19-13-14/h8,12-13,15,18H,4-7,9-11H2,1-3H3. The van der Waals surface area contributed by atoms with Gasteiger partial charge in [0.05, 0.1) is 5.60 Å². The zero-order valence-corrected chi connectivity index (χ0v) is 13.4. The van der Waals surface area contributed by atoms with Gasteiger partial charge in [-0.15, -0.1) is 0 Å². The van der Waals surface area contributed by atoms with Crippen molar-refractivity contribution in [2.24, 2.45) is 11.3 Å². The van der Waals surface area contributed by atoms with Gasteiger partial charge in [0.25, 0.3) is 0 Å². The fourth-order valence-corrected chi connectivity index (χ4v) is 4.02. The molecule has 1 N–H and O–H groups in total. The van der Waals surface area contributed by atoms with Crippen molar-refractivity contribution >= 4 is 11.3 Å². The molecule has 19 heavy (non-hydrogen) atoms. The predicted molar refractivity (Wildman–Crippen MR) is 83.6 cm³/mol. The highest BCUT2D eigenvalue weighted by Gasteiger charge is 2.34. The van der Waals surface area contributed by atoms with Crippen LogP contribution in [0, 0.1) is 11.3 Å². The van der Waals surface area contributed by atoms with Gasteiger partial charge < -0.3 is 5.11 Å². The van der Waals surface area contributed by atoms with Gasteiger partial charge in [-0.1, -0.05) is 27.2 Å². The van der Waals surface area contributed by atoms with Gasteiger partial charge in [0.2, 0.25) is 0 Å². The maximum Gasteiger partial charge on any atom is 0.0651 e. The molecule has 1 saturated carbocycles. The maximum absolute atomic E-state index is 10.8. The Kier molecular flexibility index (Phi) is 4.73. The summed E-state index contributed by atoms with van der Waals surface area (Å²) in [7, 11) is 0. The summed E-state index contributed by atoms with van der Waals surface area (Å²) in [6.45, 7) is 7.02. The van der Waals surface area contributed by atoms with Crippen molar-refractivity contribution in [2.75, 3.05) is 0 Å². The molecule has 1 nitrogen and oxygen atoms in total. The van der Waals surface area contributed by atoms with Crippen LogP contribution in [0.15, 0.2) is 16.8 Å². The summed E-state index contributed by atoms with van der Waals surface area (Å²) >= 11 is 1.75. The zero-order chi connectivity index (χ0) is 13.9. The van der Waals surface area contributed by atoms with Crippen LogP contribution in [-0.4, -0.2) is 10.7 Å². The SMILES string of the molecule is CC(C)(C)C1CCCC(O)(CCc2ccsc2)CC1. The first-order valence-corrected chi connectivity index (χ1v) is 8.57. The average molecular weight is 280 g/mol. The first-order chi connectivity index (χ1) is 8.89. The number of aryl methyl sites for hydroxylation is 1. The minimum Gasteiger partial charge on any atom is -0.390 e. The van der Waals surface area contributed by atoms with Crippen molar-refractivity contribution in [1.82, 2.24) is 0 Å². The molecular formula is C17H28OS. The highest BCUT2D eigenvalue weighted by Crippen LogP contribution is 2.41. The third kappa shape index (κ3) is 4.32. The Morgan fingerprint density at radius 3 is 2.74 bits per heavy atom. The van der Waals surface area contributed by atoms with E-state index in [9.17, 15) is 5.11 Å². The van der Waals surface area contributed by atoms with Gasteiger partial charge in [-0.25, -0.2) is 0 Å². The largest absolute Gasteiger partial charge is 0.390 e. The minimum absolute atomic E-state index is 0.388. The molecule has 1 fully saturated rings. The smallest absolute Gasteiger partial charge is 0.0651 e. The first-order valence-electron chi connectivity index (χ1n) is 7.63. The van der Waals surface area contributed by atoms with Gasteiger partial charge in [0, 0.05) is 0 Å². The van der Waals surface area contributed by atoms with Crippen molar-refractivity contribution < 1.29 is 5.11 Å². The van der Waals surface area contributed by atoms with Gasteiger partial charge in [-0.05, 0) is 72.2 Å². The molecule has 0 saturated heterocycles. The fourth-order valence-electron chi connectivity index (χ4n) is 3.32. The number of hydrogen-bond acceptors (Lipinski definition) is 2. The van der Waals surface area contributed by atoms with Gasteiger partial charge in [0.1, 0.15) is 0 Å². The fraction of sp³-hybridized carbons (Fsp3) is 0.765. The second-order valence-electron chi connectivity index (χ2n) is 7.35. The summed E-state index contributed by atoms with van der Waals surface area (Å²) in [5.41, 5.74) is 1.36. The third-order valence-corrected chi connectivity index (χ3v) is 5.57. The minimum atomic E-state index is -0.415.